The zero-order valence-electron chi connectivity index (χ0n) is 22.3. The molecular formula is C28H34N6O4S. The number of piperidine rings is 1. The van der Waals surface area contributed by atoms with Gasteiger partial charge in [-0.05, 0) is 61.9 Å². The number of rotatable bonds is 8. The average Bonchev–Trinajstić information content (AvgIpc) is 3.55. The van der Waals surface area contributed by atoms with Crippen LogP contribution in [0.3, 0.4) is 0 Å². The molecule has 6 rings (SSSR count). The molecule has 0 spiro atoms. The molecule has 1 aliphatic heterocycles. The van der Waals surface area contributed by atoms with Gasteiger partial charge in [0, 0.05) is 55.6 Å². The molecule has 1 aliphatic carbocycles. The molecule has 1 saturated carbocycles. The van der Waals surface area contributed by atoms with Crippen molar-refractivity contribution in [3.05, 3.63) is 42.1 Å². The minimum atomic E-state index is -3.25. The third-order valence-corrected chi connectivity index (χ3v) is 8.65. The summed E-state index contributed by atoms with van der Waals surface area (Å²) in [4.78, 5) is 24.9. The van der Waals surface area contributed by atoms with Gasteiger partial charge in [-0.2, -0.15) is 0 Å². The first kappa shape index (κ1) is 25.8. The number of likely N-dealkylation sites (tertiary alicyclic amines) is 1. The molecule has 1 amide bonds. The Morgan fingerprint density at radius 3 is 2.72 bits per heavy atom. The summed E-state index contributed by atoms with van der Waals surface area (Å²) in [5.74, 6) is 1.54. The summed E-state index contributed by atoms with van der Waals surface area (Å²) >= 11 is 0. The van der Waals surface area contributed by atoms with Crippen LogP contribution in [-0.2, 0) is 22.9 Å². The lowest BCUT2D eigenvalue weighted by molar-refractivity contribution is 0.0708. The van der Waals surface area contributed by atoms with Crippen molar-refractivity contribution in [1.29, 1.82) is 0 Å². The summed E-state index contributed by atoms with van der Waals surface area (Å²) in [6.07, 6.45) is 7.15. The van der Waals surface area contributed by atoms with Gasteiger partial charge in [0.15, 0.2) is 5.82 Å². The molecule has 39 heavy (non-hydrogen) atoms. The third-order valence-electron chi connectivity index (χ3n) is 7.73. The van der Waals surface area contributed by atoms with Crippen molar-refractivity contribution in [2.45, 2.75) is 44.8 Å². The molecule has 2 fully saturated rings. The van der Waals surface area contributed by atoms with Crippen molar-refractivity contribution >= 4 is 37.8 Å². The van der Waals surface area contributed by atoms with E-state index in [0.717, 1.165) is 36.1 Å². The van der Waals surface area contributed by atoms with Gasteiger partial charge in [0.05, 0.1) is 24.1 Å². The molecule has 2 N–H and O–H groups in total. The molecule has 1 saturated heterocycles. The van der Waals surface area contributed by atoms with E-state index in [9.17, 15) is 13.2 Å². The minimum Gasteiger partial charge on any atom is -0.494 e. The maximum Gasteiger partial charge on any atom is 0.254 e. The lowest BCUT2D eigenvalue weighted by Crippen LogP contribution is -2.45. The highest BCUT2D eigenvalue weighted by atomic mass is 32.2. The Hall–Kier alpha value is -3.44. The van der Waals surface area contributed by atoms with E-state index in [1.807, 2.05) is 16.7 Å². The van der Waals surface area contributed by atoms with Gasteiger partial charge in [0.1, 0.15) is 26.8 Å². The van der Waals surface area contributed by atoms with Crippen LogP contribution in [0.25, 0.3) is 33.6 Å². The first-order chi connectivity index (χ1) is 18.7. The van der Waals surface area contributed by atoms with Gasteiger partial charge in [-0.3, -0.25) is 4.79 Å². The number of benzene rings is 1. The number of hydrogen-bond donors (Lipinski definition) is 1. The Bertz CT molecular complexity index is 1670. The predicted octanol–water partition coefficient (Wildman–Crippen LogP) is 3.08. The van der Waals surface area contributed by atoms with Gasteiger partial charge < -0.3 is 24.5 Å². The average molecular weight is 551 g/mol. The summed E-state index contributed by atoms with van der Waals surface area (Å²) in [6.45, 7) is 2.20. The highest BCUT2D eigenvalue weighted by Gasteiger charge is 2.29. The Morgan fingerprint density at radius 2 is 2.00 bits per heavy atom. The van der Waals surface area contributed by atoms with Crippen molar-refractivity contribution in [2.24, 2.45) is 11.7 Å². The molecule has 4 aromatic rings. The molecule has 0 bridgehead atoms. The maximum absolute atomic E-state index is 13.5. The van der Waals surface area contributed by atoms with Crippen LogP contribution in [0.2, 0.25) is 0 Å². The largest absolute Gasteiger partial charge is 0.494 e. The fraction of sp³-hybridized carbons (Fsp3) is 0.464. The van der Waals surface area contributed by atoms with E-state index in [2.05, 4.69) is 15.6 Å². The molecule has 0 unspecified atom stereocenters. The topological polar surface area (TPSA) is 125 Å². The molecule has 206 valence electrons. The number of ether oxygens (including phenoxy) is 1. The number of nitrogens with zero attached hydrogens (tertiary/aromatic N) is 5. The van der Waals surface area contributed by atoms with Crippen LogP contribution >= 0.6 is 0 Å². The standard InChI is InChI=1S/C28H34N6O4S/c1-38-24-15-20(28(35)32-10-4-6-21(29)17-32)13-22-25(24)33(11-12-39(2,36)37)27(31-22)23-14-19-5-3-9-30-26(19)34(23)16-18-7-8-18/h3,5,9,13-15,18,21H,4,6-8,10-12,16-17,29H2,1-2H3/t21-/m1/s1. The Labute approximate surface area is 227 Å². The van der Waals surface area contributed by atoms with E-state index in [-0.39, 0.29) is 24.2 Å². The Kier molecular flexibility index (Phi) is 6.58. The number of sulfone groups is 1. The van der Waals surface area contributed by atoms with Crippen LogP contribution in [-0.4, -0.2) is 76.6 Å². The number of fused-ring (bicyclic) bond motifs is 2. The molecule has 1 aromatic carbocycles. The Balaban J connectivity index is 1.53. The molecule has 10 nitrogen and oxygen atoms in total. The second-order valence-electron chi connectivity index (χ2n) is 10.9. The number of aromatic nitrogens is 4. The number of methoxy groups -OCH3 is 1. The fourth-order valence-corrected chi connectivity index (χ4v) is 6.09. The minimum absolute atomic E-state index is 0.0304. The number of carbonyl (C=O) groups is 1. The maximum atomic E-state index is 13.5. The molecule has 2 aliphatic rings. The van der Waals surface area contributed by atoms with Crippen LogP contribution < -0.4 is 10.5 Å². The lowest BCUT2D eigenvalue weighted by Gasteiger charge is -2.30. The van der Waals surface area contributed by atoms with Crippen molar-refractivity contribution in [2.75, 3.05) is 32.2 Å². The highest BCUT2D eigenvalue weighted by Crippen LogP contribution is 2.38. The second-order valence-corrected chi connectivity index (χ2v) is 13.2. The van der Waals surface area contributed by atoms with Crippen molar-refractivity contribution < 1.29 is 17.9 Å². The molecule has 4 heterocycles. The van der Waals surface area contributed by atoms with Crippen LogP contribution in [0.4, 0.5) is 0 Å². The zero-order valence-corrected chi connectivity index (χ0v) is 23.2. The van der Waals surface area contributed by atoms with Gasteiger partial charge in [0.2, 0.25) is 0 Å². The van der Waals surface area contributed by atoms with Gasteiger partial charge in [-0.1, -0.05) is 0 Å². The summed E-state index contributed by atoms with van der Waals surface area (Å²) in [5.41, 5.74) is 9.62. The summed E-state index contributed by atoms with van der Waals surface area (Å²) in [7, 11) is -1.70. The third kappa shape index (κ3) is 5.12. The first-order valence-corrected chi connectivity index (χ1v) is 15.5. The van der Waals surface area contributed by atoms with Crippen LogP contribution in [0.1, 0.15) is 36.0 Å². The van der Waals surface area contributed by atoms with Crippen LogP contribution in [0, 0.1) is 5.92 Å². The molecular weight excluding hydrogens is 516 g/mol. The number of hydrogen-bond acceptors (Lipinski definition) is 7. The van der Waals surface area contributed by atoms with Gasteiger partial charge in [-0.25, -0.2) is 18.4 Å². The smallest absolute Gasteiger partial charge is 0.254 e. The molecule has 0 radical (unpaired) electrons. The van der Waals surface area contributed by atoms with E-state index < -0.39 is 9.84 Å². The number of amides is 1. The highest BCUT2D eigenvalue weighted by molar-refractivity contribution is 7.90. The van der Waals surface area contributed by atoms with E-state index in [1.165, 1.54) is 19.1 Å². The number of carbonyl (C=O) groups excluding carboxylic acids is 1. The van der Waals surface area contributed by atoms with Gasteiger partial charge in [0.25, 0.3) is 5.91 Å². The van der Waals surface area contributed by atoms with E-state index in [4.69, 9.17) is 15.5 Å². The summed E-state index contributed by atoms with van der Waals surface area (Å²) < 4.78 is 34.4. The zero-order chi connectivity index (χ0) is 27.3. The normalized spacial score (nSPS) is 18.2. The van der Waals surface area contributed by atoms with Crippen molar-refractivity contribution in [3.8, 4) is 17.3 Å². The number of aryl methyl sites for hydroxylation is 1. The van der Waals surface area contributed by atoms with E-state index >= 15 is 0 Å². The molecule has 1 atom stereocenters. The number of pyridine rings is 1. The molecule has 11 heteroatoms. The summed E-state index contributed by atoms with van der Waals surface area (Å²) in [5, 5.41) is 0.999. The second kappa shape index (κ2) is 9.95. The Morgan fingerprint density at radius 1 is 1.18 bits per heavy atom. The van der Waals surface area contributed by atoms with E-state index in [1.54, 1.807) is 30.3 Å². The van der Waals surface area contributed by atoms with Gasteiger partial charge >= 0.3 is 0 Å². The lowest BCUT2D eigenvalue weighted by atomic mass is 10.0. The van der Waals surface area contributed by atoms with Crippen LogP contribution in [0.5, 0.6) is 5.75 Å². The quantitative estimate of drug-likeness (QED) is 0.357. The monoisotopic (exact) mass is 550 g/mol. The van der Waals surface area contributed by atoms with Crippen molar-refractivity contribution in [1.82, 2.24) is 24.0 Å². The fourth-order valence-electron chi connectivity index (χ4n) is 5.57. The predicted molar refractivity (Wildman–Crippen MR) is 151 cm³/mol. The number of nitrogens with two attached hydrogens (primary N) is 1. The summed E-state index contributed by atoms with van der Waals surface area (Å²) in [6, 6.07) is 9.49. The number of imidazole rings is 1. The van der Waals surface area contributed by atoms with Gasteiger partial charge in [-0.15, -0.1) is 0 Å². The van der Waals surface area contributed by atoms with E-state index in [0.29, 0.717) is 47.2 Å². The molecule has 3 aromatic heterocycles. The van der Waals surface area contributed by atoms with Crippen LogP contribution in [0.15, 0.2) is 36.5 Å². The SMILES string of the molecule is COc1cc(C(=O)N2CCC[C@@H](N)C2)cc2nc(-c3cc4cccnc4n3CC3CC3)n(CCS(C)(=O)=O)c12. The first-order valence-electron chi connectivity index (χ1n) is 13.5. The van der Waals surface area contributed by atoms with Crippen molar-refractivity contribution in [3.63, 3.8) is 0 Å².